The molecular formula is C26H25N5O3. The minimum Gasteiger partial charge on any atom is -0.451 e. The van der Waals surface area contributed by atoms with Gasteiger partial charge in [-0.3, -0.25) is 14.5 Å². The number of primary amides is 1. The lowest BCUT2D eigenvalue weighted by Crippen LogP contribution is -2.46. The lowest BCUT2D eigenvalue weighted by Gasteiger charge is -2.36. The number of Topliss-reactive ketones (excluding diaryl/α,β-unsaturated/α-hetero) is 1. The second kappa shape index (κ2) is 9.04. The minimum atomic E-state index is -0.567. The summed E-state index contributed by atoms with van der Waals surface area (Å²) in [6.45, 7) is 11.7. The Morgan fingerprint density at radius 1 is 1.09 bits per heavy atom. The van der Waals surface area contributed by atoms with E-state index in [1.165, 1.54) is 0 Å². The van der Waals surface area contributed by atoms with Crippen LogP contribution in [0.15, 0.2) is 53.1 Å². The number of ketones is 1. The first-order valence-corrected chi connectivity index (χ1v) is 11.3. The monoisotopic (exact) mass is 455 g/mol. The molecule has 0 saturated carbocycles. The molecule has 1 fully saturated rings. The first-order valence-electron chi connectivity index (χ1n) is 11.3. The Hall–Kier alpha value is -4.09. The summed E-state index contributed by atoms with van der Waals surface area (Å²) in [6, 6.07) is 13.0. The molecule has 0 spiro atoms. The quantitative estimate of drug-likeness (QED) is 0.319. The molecule has 34 heavy (non-hydrogen) atoms. The Kier molecular flexibility index (Phi) is 5.78. The molecule has 0 unspecified atom stereocenters. The van der Waals surface area contributed by atoms with Gasteiger partial charge in [-0.2, -0.15) is 0 Å². The fraction of sp³-hybridized carbons (Fsp3) is 0.269. The maximum Gasteiger partial charge on any atom is 0.284 e. The maximum atomic E-state index is 12.8. The van der Waals surface area contributed by atoms with Gasteiger partial charge in [0.05, 0.1) is 6.57 Å². The van der Waals surface area contributed by atoms with E-state index in [2.05, 4.69) is 19.6 Å². The van der Waals surface area contributed by atoms with Gasteiger partial charge in [0.2, 0.25) is 0 Å². The van der Waals surface area contributed by atoms with Crippen LogP contribution in [0, 0.1) is 6.57 Å². The molecule has 8 heteroatoms. The number of amides is 1. The molecule has 1 aliphatic rings. The van der Waals surface area contributed by atoms with Crippen LogP contribution in [0.4, 0.5) is 11.4 Å². The second-order valence-corrected chi connectivity index (χ2v) is 8.60. The summed E-state index contributed by atoms with van der Waals surface area (Å²) in [6.07, 6.45) is 3.03. The lowest BCUT2D eigenvalue weighted by molar-refractivity contribution is 0.0968. The van der Waals surface area contributed by atoms with Crippen LogP contribution >= 0.6 is 0 Å². The summed E-state index contributed by atoms with van der Waals surface area (Å²) in [4.78, 5) is 35.4. The van der Waals surface area contributed by atoms with Crippen LogP contribution in [0.5, 0.6) is 0 Å². The van der Waals surface area contributed by atoms with Crippen LogP contribution in [0.25, 0.3) is 26.7 Å². The highest BCUT2D eigenvalue weighted by Gasteiger charge is 2.19. The van der Waals surface area contributed by atoms with Gasteiger partial charge in [-0.25, -0.2) is 4.85 Å². The first kappa shape index (κ1) is 21.7. The average molecular weight is 456 g/mol. The number of rotatable bonds is 7. The number of anilines is 1. The predicted octanol–water partition coefficient (Wildman–Crippen LogP) is 4.35. The highest BCUT2D eigenvalue weighted by molar-refractivity contribution is 6.08. The van der Waals surface area contributed by atoms with Crippen molar-refractivity contribution in [3.05, 3.63) is 71.4 Å². The van der Waals surface area contributed by atoms with E-state index in [1.54, 1.807) is 24.4 Å². The van der Waals surface area contributed by atoms with Gasteiger partial charge in [0.1, 0.15) is 5.58 Å². The number of H-pyrrole nitrogens is 1. The summed E-state index contributed by atoms with van der Waals surface area (Å²) < 4.78 is 5.47. The van der Waals surface area contributed by atoms with E-state index in [-0.39, 0.29) is 11.5 Å². The van der Waals surface area contributed by atoms with E-state index in [4.69, 9.17) is 16.7 Å². The fourth-order valence-electron chi connectivity index (χ4n) is 4.59. The van der Waals surface area contributed by atoms with Gasteiger partial charge in [0, 0.05) is 61.0 Å². The van der Waals surface area contributed by atoms with E-state index in [0.717, 1.165) is 61.1 Å². The number of nitrogens with zero attached hydrogens (tertiary/aromatic N) is 3. The molecule has 2 aromatic carbocycles. The van der Waals surface area contributed by atoms with Crippen LogP contribution < -0.4 is 10.6 Å². The Balaban J connectivity index is 1.14. The summed E-state index contributed by atoms with van der Waals surface area (Å²) >= 11 is 0. The average Bonchev–Trinajstić information content (AvgIpc) is 3.48. The summed E-state index contributed by atoms with van der Waals surface area (Å²) in [7, 11) is 0. The number of piperazine rings is 1. The normalized spacial score (nSPS) is 14.5. The molecule has 5 rings (SSSR count). The summed E-state index contributed by atoms with van der Waals surface area (Å²) in [5.41, 5.74) is 9.15. The number of aromatic nitrogens is 1. The smallest absolute Gasteiger partial charge is 0.284 e. The third-order valence-electron chi connectivity index (χ3n) is 6.45. The van der Waals surface area contributed by atoms with E-state index in [0.29, 0.717) is 23.3 Å². The summed E-state index contributed by atoms with van der Waals surface area (Å²) in [5.74, 6) is -0.288. The van der Waals surface area contributed by atoms with Gasteiger partial charge in [-0.15, -0.1) is 0 Å². The van der Waals surface area contributed by atoms with Gasteiger partial charge >= 0.3 is 0 Å². The van der Waals surface area contributed by atoms with Gasteiger partial charge < -0.3 is 20.0 Å². The topological polar surface area (TPSA) is 99.9 Å². The van der Waals surface area contributed by atoms with Crippen molar-refractivity contribution in [2.45, 2.75) is 12.8 Å². The van der Waals surface area contributed by atoms with E-state index in [1.807, 2.05) is 24.3 Å². The molecule has 0 radical (unpaired) electrons. The molecule has 8 nitrogen and oxygen atoms in total. The highest BCUT2D eigenvalue weighted by Crippen LogP contribution is 2.27. The SMILES string of the molecule is [C-]#[N+]c1ccc2[nH]cc(C(=O)CCCN3CCN(c4ccc5oc(C(N)=O)cc5c4)CC3)c2c1. The molecule has 0 bridgehead atoms. The molecule has 4 aromatic rings. The highest BCUT2D eigenvalue weighted by atomic mass is 16.3. The zero-order valence-electron chi connectivity index (χ0n) is 18.7. The van der Waals surface area contributed by atoms with Crippen molar-refractivity contribution in [1.29, 1.82) is 0 Å². The van der Waals surface area contributed by atoms with Crippen LogP contribution in [-0.2, 0) is 0 Å². The van der Waals surface area contributed by atoms with Crippen molar-refractivity contribution < 1.29 is 14.0 Å². The number of aromatic amines is 1. The molecule has 1 saturated heterocycles. The van der Waals surface area contributed by atoms with Crippen molar-refractivity contribution in [3.8, 4) is 0 Å². The molecule has 0 aliphatic carbocycles. The van der Waals surface area contributed by atoms with Gasteiger partial charge in [0.25, 0.3) is 5.91 Å². The molecular weight excluding hydrogens is 430 g/mol. The molecule has 1 aliphatic heterocycles. The molecule has 172 valence electrons. The van der Waals surface area contributed by atoms with Gasteiger partial charge in [-0.1, -0.05) is 6.07 Å². The predicted molar refractivity (Wildman–Crippen MR) is 132 cm³/mol. The number of furan rings is 1. The third-order valence-corrected chi connectivity index (χ3v) is 6.45. The third kappa shape index (κ3) is 4.26. The van der Waals surface area contributed by atoms with Crippen LogP contribution in [0.3, 0.4) is 0 Å². The Morgan fingerprint density at radius 2 is 1.91 bits per heavy atom. The summed E-state index contributed by atoms with van der Waals surface area (Å²) in [5, 5.41) is 1.69. The standard InChI is InChI=1S/C26H25N5O3/c1-28-18-4-6-22-20(15-18)21(16-29-22)23(32)3-2-8-30-9-11-31(12-10-30)19-5-7-24-17(13-19)14-25(34-24)26(27)33/h4-7,13-16,29H,2-3,8-12H2,(H2,27,33). The Labute approximate surface area is 196 Å². The number of fused-ring (bicyclic) bond motifs is 2. The van der Waals surface area contributed by atoms with Crippen molar-refractivity contribution in [3.63, 3.8) is 0 Å². The van der Waals surface area contributed by atoms with Gasteiger partial charge in [-0.05, 0) is 54.8 Å². The van der Waals surface area contributed by atoms with Crippen molar-refractivity contribution in [1.82, 2.24) is 9.88 Å². The Morgan fingerprint density at radius 3 is 2.68 bits per heavy atom. The largest absolute Gasteiger partial charge is 0.451 e. The molecule has 3 heterocycles. The number of carbonyl (C=O) groups is 2. The second-order valence-electron chi connectivity index (χ2n) is 8.60. The molecule has 2 aromatic heterocycles. The number of nitrogens with one attached hydrogen (secondary N) is 1. The zero-order valence-corrected chi connectivity index (χ0v) is 18.7. The van der Waals surface area contributed by atoms with E-state index in [9.17, 15) is 9.59 Å². The minimum absolute atomic E-state index is 0.107. The van der Waals surface area contributed by atoms with Gasteiger partial charge in [0.15, 0.2) is 17.2 Å². The number of carbonyl (C=O) groups excluding carboxylic acids is 2. The zero-order chi connectivity index (χ0) is 23.7. The lowest BCUT2D eigenvalue weighted by atomic mass is 10.0. The number of hydrogen-bond donors (Lipinski definition) is 2. The van der Waals surface area contributed by atoms with Crippen LogP contribution in [0.2, 0.25) is 0 Å². The van der Waals surface area contributed by atoms with Crippen molar-refractivity contribution in [2.75, 3.05) is 37.6 Å². The molecule has 3 N–H and O–H groups in total. The number of hydrogen-bond acceptors (Lipinski definition) is 5. The van der Waals surface area contributed by atoms with Crippen molar-refractivity contribution in [2.24, 2.45) is 5.73 Å². The fourth-order valence-corrected chi connectivity index (χ4v) is 4.59. The molecule has 0 atom stereocenters. The first-order chi connectivity index (χ1) is 16.5. The van der Waals surface area contributed by atoms with E-state index < -0.39 is 5.91 Å². The van der Waals surface area contributed by atoms with E-state index >= 15 is 0 Å². The van der Waals surface area contributed by atoms with Crippen molar-refractivity contribution >= 4 is 44.9 Å². The van der Waals surface area contributed by atoms with Crippen LogP contribution in [0.1, 0.15) is 33.8 Å². The van der Waals surface area contributed by atoms with Crippen LogP contribution in [-0.4, -0.2) is 54.3 Å². The Bertz CT molecular complexity index is 1420. The number of benzene rings is 2. The number of nitrogens with two attached hydrogens (primary N) is 1. The maximum absolute atomic E-state index is 12.8. The molecule has 1 amide bonds.